The van der Waals surface area contributed by atoms with Gasteiger partial charge in [-0.3, -0.25) is 4.79 Å². The molecule has 0 aliphatic rings. The Morgan fingerprint density at radius 1 is 1.05 bits per heavy atom. The number of hydrogen-bond acceptors (Lipinski definition) is 3. The molecule has 0 aromatic heterocycles. The van der Waals surface area contributed by atoms with Gasteiger partial charge in [0.2, 0.25) is 0 Å². The van der Waals surface area contributed by atoms with Crippen molar-refractivity contribution in [2.75, 3.05) is 0 Å². The molecule has 1 rings (SSSR count). The number of carbonyl (C=O) groups is 3. The SMILES string of the molecule is C/C(=C\C(=O)O)C(=O)O.O=C(O)Cc1ccccc1. The van der Waals surface area contributed by atoms with Crippen LogP contribution < -0.4 is 0 Å². The van der Waals surface area contributed by atoms with Gasteiger partial charge in [0.1, 0.15) is 0 Å². The van der Waals surface area contributed by atoms with Gasteiger partial charge in [-0.2, -0.15) is 0 Å². The summed E-state index contributed by atoms with van der Waals surface area (Å²) in [6.07, 6.45) is 0.753. The molecule has 0 heterocycles. The van der Waals surface area contributed by atoms with E-state index < -0.39 is 17.9 Å². The summed E-state index contributed by atoms with van der Waals surface area (Å²) in [5, 5.41) is 24.5. The highest BCUT2D eigenvalue weighted by Crippen LogP contribution is 1.98. The molecular formula is C13H14O6. The van der Waals surface area contributed by atoms with Crippen molar-refractivity contribution in [3.8, 4) is 0 Å². The fourth-order valence-electron chi connectivity index (χ4n) is 1.02. The van der Waals surface area contributed by atoms with Crippen molar-refractivity contribution >= 4 is 17.9 Å². The third-order valence-corrected chi connectivity index (χ3v) is 1.88. The van der Waals surface area contributed by atoms with Crippen LogP contribution in [0.4, 0.5) is 0 Å². The van der Waals surface area contributed by atoms with Crippen LogP contribution in [0.3, 0.4) is 0 Å². The van der Waals surface area contributed by atoms with E-state index in [1.807, 2.05) is 18.2 Å². The lowest BCUT2D eigenvalue weighted by molar-refractivity contribution is -0.136. The molecule has 3 N–H and O–H groups in total. The fraction of sp³-hybridized carbons (Fsp3) is 0.154. The fourth-order valence-corrected chi connectivity index (χ4v) is 1.02. The molecule has 1 aromatic carbocycles. The van der Waals surface area contributed by atoms with Gasteiger partial charge in [0.15, 0.2) is 0 Å². The third-order valence-electron chi connectivity index (χ3n) is 1.88. The van der Waals surface area contributed by atoms with E-state index in [1.165, 1.54) is 6.92 Å². The number of rotatable bonds is 4. The molecular weight excluding hydrogens is 252 g/mol. The van der Waals surface area contributed by atoms with Crippen molar-refractivity contribution in [1.29, 1.82) is 0 Å². The molecule has 19 heavy (non-hydrogen) atoms. The molecule has 0 radical (unpaired) electrons. The molecule has 0 saturated carbocycles. The number of benzene rings is 1. The Kier molecular flexibility index (Phi) is 7.29. The molecule has 0 aliphatic heterocycles. The molecule has 0 fully saturated rings. The summed E-state index contributed by atoms with van der Waals surface area (Å²) in [6.45, 7) is 1.22. The van der Waals surface area contributed by atoms with E-state index in [1.54, 1.807) is 12.1 Å². The summed E-state index contributed by atoms with van der Waals surface area (Å²) in [5.74, 6) is -3.24. The molecule has 0 amide bonds. The minimum Gasteiger partial charge on any atom is -0.481 e. The van der Waals surface area contributed by atoms with Gasteiger partial charge in [0, 0.05) is 11.6 Å². The Morgan fingerprint density at radius 2 is 1.58 bits per heavy atom. The van der Waals surface area contributed by atoms with Crippen molar-refractivity contribution in [1.82, 2.24) is 0 Å². The van der Waals surface area contributed by atoms with E-state index in [9.17, 15) is 14.4 Å². The van der Waals surface area contributed by atoms with Gasteiger partial charge in [-0.15, -0.1) is 0 Å². The van der Waals surface area contributed by atoms with E-state index in [4.69, 9.17) is 15.3 Å². The van der Waals surface area contributed by atoms with E-state index >= 15 is 0 Å². The molecule has 0 atom stereocenters. The van der Waals surface area contributed by atoms with Crippen LogP contribution >= 0.6 is 0 Å². The highest BCUT2D eigenvalue weighted by Gasteiger charge is 2.00. The second-order valence-corrected chi connectivity index (χ2v) is 3.53. The quantitative estimate of drug-likeness (QED) is 0.710. The summed E-state index contributed by atoms with van der Waals surface area (Å²) in [5.41, 5.74) is 0.664. The average molecular weight is 266 g/mol. The third kappa shape index (κ3) is 9.11. The van der Waals surface area contributed by atoms with E-state index in [-0.39, 0.29) is 12.0 Å². The summed E-state index contributed by atoms with van der Waals surface area (Å²) < 4.78 is 0. The van der Waals surface area contributed by atoms with E-state index in [2.05, 4.69) is 0 Å². The van der Waals surface area contributed by atoms with Gasteiger partial charge in [0.05, 0.1) is 6.42 Å². The minimum absolute atomic E-state index is 0.112. The van der Waals surface area contributed by atoms with Gasteiger partial charge in [-0.05, 0) is 12.5 Å². The molecule has 0 aliphatic carbocycles. The second-order valence-electron chi connectivity index (χ2n) is 3.53. The Hall–Kier alpha value is -2.63. The first kappa shape index (κ1) is 16.4. The van der Waals surface area contributed by atoms with Crippen molar-refractivity contribution in [3.05, 3.63) is 47.5 Å². The first-order valence-corrected chi connectivity index (χ1v) is 5.23. The molecule has 6 heteroatoms. The van der Waals surface area contributed by atoms with Gasteiger partial charge in [0.25, 0.3) is 0 Å². The Morgan fingerprint density at radius 3 is 1.89 bits per heavy atom. The smallest absolute Gasteiger partial charge is 0.331 e. The zero-order chi connectivity index (χ0) is 14.8. The van der Waals surface area contributed by atoms with Crippen LogP contribution in [0.25, 0.3) is 0 Å². The standard InChI is InChI=1S/C8H8O2.C5H6O4/c9-8(10)6-7-4-2-1-3-5-7;1-3(5(8)9)2-4(6)7/h1-5H,6H2,(H,9,10);2H,1H3,(H,6,7)(H,8,9)/b;3-2+. The normalized spacial score (nSPS) is 10.1. The maximum atomic E-state index is 10.2. The van der Waals surface area contributed by atoms with Crippen LogP contribution in [0.2, 0.25) is 0 Å². The lowest BCUT2D eigenvalue weighted by Gasteiger charge is -1.92. The van der Waals surface area contributed by atoms with Crippen LogP contribution in [0.15, 0.2) is 42.0 Å². The highest BCUT2D eigenvalue weighted by molar-refractivity contribution is 5.93. The maximum absolute atomic E-state index is 10.2. The van der Waals surface area contributed by atoms with Crippen molar-refractivity contribution < 1.29 is 29.7 Å². The van der Waals surface area contributed by atoms with Crippen LogP contribution in [0.1, 0.15) is 12.5 Å². The lowest BCUT2D eigenvalue weighted by Crippen LogP contribution is -1.99. The topological polar surface area (TPSA) is 112 Å². The highest BCUT2D eigenvalue weighted by atomic mass is 16.4. The molecule has 0 bridgehead atoms. The molecule has 0 spiro atoms. The van der Waals surface area contributed by atoms with Crippen LogP contribution in [0.5, 0.6) is 0 Å². The molecule has 6 nitrogen and oxygen atoms in total. The first-order valence-electron chi connectivity index (χ1n) is 5.23. The lowest BCUT2D eigenvalue weighted by atomic mass is 10.2. The minimum atomic E-state index is -1.24. The molecule has 102 valence electrons. The zero-order valence-electron chi connectivity index (χ0n) is 10.2. The summed E-state index contributed by atoms with van der Waals surface area (Å²) in [6, 6.07) is 9.13. The monoisotopic (exact) mass is 266 g/mol. The first-order chi connectivity index (χ1) is 8.82. The van der Waals surface area contributed by atoms with Crippen LogP contribution in [-0.2, 0) is 20.8 Å². The Bertz CT molecular complexity index is 475. The molecule has 0 unspecified atom stereocenters. The van der Waals surface area contributed by atoms with Crippen molar-refractivity contribution in [2.24, 2.45) is 0 Å². The second kappa shape index (κ2) is 8.46. The average Bonchev–Trinajstić information content (AvgIpc) is 2.29. The predicted octanol–water partition coefficient (Wildman–Crippen LogP) is 1.42. The van der Waals surface area contributed by atoms with Gasteiger partial charge < -0.3 is 15.3 Å². The van der Waals surface area contributed by atoms with Crippen molar-refractivity contribution in [3.63, 3.8) is 0 Å². The van der Waals surface area contributed by atoms with Crippen LogP contribution in [0, 0.1) is 0 Å². The van der Waals surface area contributed by atoms with Crippen LogP contribution in [-0.4, -0.2) is 33.2 Å². The van der Waals surface area contributed by atoms with E-state index in [0.717, 1.165) is 5.56 Å². The van der Waals surface area contributed by atoms with E-state index in [0.29, 0.717) is 6.08 Å². The van der Waals surface area contributed by atoms with Crippen molar-refractivity contribution in [2.45, 2.75) is 13.3 Å². The molecule has 0 saturated heterocycles. The number of carboxylic acid groups (broad SMARTS) is 3. The molecule has 1 aromatic rings. The van der Waals surface area contributed by atoms with Gasteiger partial charge in [-0.1, -0.05) is 30.3 Å². The Balaban J connectivity index is 0.000000344. The maximum Gasteiger partial charge on any atom is 0.331 e. The van der Waals surface area contributed by atoms with Gasteiger partial charge >= 0.3 is 17.9 Å². The Labute approximate surface area is 109 Å². The number of carboxylic acids is 3. The predicted molar refractivity (Wildman–Crippen MR) is 66.8 cm³/mol. The summed E-state index contributed by atoms with van der Waals surface area (Å²) in [4.78, 5) is 29.8. The van der Waals surface area contributed by atoms with Gasteiger partial charge in [-0.25, -0.2) is 9.59 Å². The number of aliphatic carboxylic acids is 3. The summed E-state index contributed by atoms with van der Waals surface area (Å²) in [7, 11) is 0. The summed E-state index contributed by atoms with van der Waals surface area (Å²) >= 11 is 0. The zero-order valence-corrected chi connectivity index (χ0v) is 10.2. The number of hydrogen-bond donors (Lipinski definition) is 3. The largest absolute Gasteiger partial charge is 0.481 e.